The number of hydrogen-bond donors (Lipinski definition) is 1. The van der Waals surface area contributed by atoms with Gasteiger partial charge in [0.1, 0.15) is 0 Å². The van der Waals surface area contributed by atoms with Crippen molar-refractivity contribution in [1.29, 1.82) is 0 Å². The molecule has 0 aliphatic heterocycles. The normalized spacial score (nSPS) is 12.7. The van der Waals surface area contributed by atoms with E-state index < -0.39 is 6.10 Å². The van der Waals surface area contributed by atoms with Crippen molar-refractivity contribution in [3.05, 3.63) is 34.1 Å². The zero-order valence-electron chi connectivity index (χ0n) is 9.35. The van der Waals surface area contributed by atoms with Gasteiger partial charge in [-0.3, -0.25) is 0 Å². The summed E-state index contributed by atoms with van der Waals surface area (Å²) in [5.41, 5.74) is 0.834. The molecule has 17 heavy (non-hydrogen) atoms. The Morgan fingerprint density at radius 2 is 2.18 bits per heavy atom. The first-order valence-corrected chi connectivity index (χ1v) is 6.62. The Bertz CT molecular complexity index is 528. The van der Waals surface area contributed by atoms with E-state index in [1.807, 2.05) is 18.2 Å². The molecule has 2 rings (SSSR count). The molecule has 1 heterocycles. The minimum absolute atomic E-state index is 0.478. The van der Waals surface area contributed by atoms with E-state index in [0.717, 1.165) is 14.9 Å². The lowest BCUT2D eigenvalue weighted by Crippen LogP contribution is -1.94. The fraction of sp³-hybridized carbons (Fsp3) is 0.273. The van der Waals surface area contributed by atoms with Crippen molar-refractivity contribution in [3.8, 4) is 0 Å². The molecule has 2 aromatic rings. The van der Waals surface area contributed by atoms with Crippen molar-refractivity contribution in [1.82, 2.24) is 10.2 Å². The third-order valence-electron chi connectivity index (χ3n) is 2.13. The maximum Gasteiger partial charge on any atom is 0.281 e. The second-order valence-corrected chi connectivity index (χ2v) is 5.46. The number of aromatic nitrogens is 2. The minimum atomic E-state index is -0.543. The van der Waals surface area contributed by atoms with Crippen molar-refractivity contribution >= 4 is 27.7 Å². The van der Waals surface area contributed by atoms with Crippen LogP contribution in [0.3, 0.4) is 0 Å². The summed E-state index contributed by atoms with van der Waals surface area (Å²) in [4.78, 5) is 0.909. The van der Waals surface area contributed by atoms with Crippen LogP contribution in [0.1, 0.15) is 24.5 Å². The van der Waals surface area contributed by atoms with Gasteiger partial charge in [-0.25, -0.2) is 0 Å². The first kappa shape index (κ1) is 12.6. The number of benzene rings is 1. The van der Waals surface area contributed by atoms with Crippen LogP contribution in [-0.2, 0) is 0 Å². The van der Waals surface area contributed by atoms with Gasteiger partial charge in [0.05, 0.1) is 6.10 Å². The van der Waals surface area contributed by atoms with Crippen molar-refractivity contribution in [2.75, 3.05) is 0 Å². The lowest BCUT2D eigenvalue weighted by Gasteiger charge is -2.10. The van der Waals surface area contributed by atoms with Gasteiger partial charge in [-0.05, 0) is 42.4 Å². The summed E-state index contributed by atoms with van der Waals surface area (Å²) in [7, 11) is 0. The number of aliphatic hydroxyl groups excluding tert-OH is 1. The van der Waals surface area contributed by atoms with Crippen LogP contribution in [-0.4, -0.2) is 15.3 Å². The Balaban J connectivity index is 2.32. The van der Waals surface area contributed by atoms with Crippen LogP contribution < -0.4 is 0 Å². The van der Waals surface area contributed by atoms with Gasteiger partial charge in [0.2, 0.25) is 5.89 Å². The molecule has 0 aliphatic carbocycles. The SMILES string of the molecule is Cc1nnc(Sc2ccc(Br)cc2C(C)O)o1. The second kappa shape index (κ2) is 5.20. The monoisotopic (exact) mass is 314 g/mol. The van der Waals surface area contributed by atoms with E-state index in [2.05, 4.69) is 26.1 Å². The van der Waals surface area contributed by atoms with Gasteiger partial charge in [-0.2, -0.15) is 0 Å². The molecule has 1 aromatic heterocycles. The Morgan fingerprint density at radius 1 is 1.41 bits per heavy atom. The van der Waals surface area contributed by atoms with E-state index in [9.17, 15) is 5.11 Å². The van der Waals surface area contributed by atoms with Gasteiger partial charge >= 0.3 is 0 Å². The molecule has 0 aliphatic rings. The van der Waals surface area contributed by atoms with E-state index in [1.54, 1.807) is 13.8 Å². The van der Waals surface area contributed by atoms with Gasteiger partial charge in [0.15, 0.2) is 0 Å². The highest BCUT2D eigenvalue weighted by Gasteiger charge is 2.12. The summed E-state index contributed by atoms with van der Waals surface area (Å²) in [6.45, 7) is 3.47. The van der Waals surface area contributed by atoms with E-state index in [1.165, 1.54) is 11.8 Å². The zero-order chi connectivity index (χ0) is 12.4. The summed E-state index contributed by atoms with van der Waals surface area (Å²) in [6.07, 6.45) is -0.543. The lowest BCUT2D eigenvalue weighted by molar-refractivity contribution is 0.196. The standard InChI is InChI=1S/C11H11BrN2O2S/c1-6(15)9-5-8(12)3-4-10(9)17-11-14-13-7(2)16-11/h3-6,15H,1-2H3. The molecule has 0 saturated carbocycles. The summed E-state index contributed by atoms with van der Waals surface area (Å²) in [5.74, 6) is 0.531. The van der Waals surface area contributed by atoms with E-state index in [-0.39, 0.29) is 0 Å². The lowest BCUT2D eigenvalue weighted by atomic mass is 10.1. The maximum absolute atomic E-state index is 9.71. The number of rotatable bonds is 3. The fourth-order valence-electron chi connectivity index (χ4n) is 1.35. The summed E-state index contributed by atoms with van der Waals surface area (Å²) in [5, 5.41) is 17.9. The number of aliphatic hydroxyl groups is 1. The van der Waals surface area contributed by atoms with Gasteiger partial charge in [-0.1, -0.05) is 15.9 Å². The number of aryl methyl sites for hydroxylation is 1. The predicted octanol–water partition coefficient (Wildman–Crippen LogP) is 3.35. The molecule has 1 aromatic carbocycles. The predicted molar refractivity (Wildman–Crippen MR) is 67.9 cm³/mol. The molecule has 0 radical (unpaired) electrons. The molecule has 0 saturated heterocycles. The summed E-state index contributed by atoms with van der Waals surface area (Å²) in [6, 6.07) is 5.71. The van der Waals surface area contributed by atoms with Crippen LogP contribution in [0.4, 0.5) is 0 Å². The molecular formula is C11H11BrN2O2S. The van der Waals surface area contributed by atoms with Crippen LogP contribution >= 0.6 is 27.7 Å². The number of halogens is 1. The Labute approximate surface area is 112 Å². The molecule has 0 spiro atoms. The van der Waals surface area contributed by atoms with Crippen molar-refractivity contribution in [3.63, 3.8) is 0 Å². The van der Waals surface area contributed by atoms with E-state index >= 15 is 0 Å². The highest BCUT2D eigenvalue weighted by Crippen LogP contribution is 2.34. The zero-order valence-corrected chi connectivity index (χ0v) is 11.7. The molecular weight excluding hydrogens is 304 g/mol. The van der Waals surface area contributed by atoms with Crippen LogP contribution in [0.5, 0.6) is 0 Å². The Kier molecular flexibility index (Phi) is 3.86. The average Bonchev–Trinajstić information content (AvgIpc) is 2.66. The topological polar surface area (TPSA) is 59.2 Å². The van der Waals surface area contributed by atoms with E-state index in [0.29, 0.717) is 11.1 Å². The smallest absolute Gasteiger partial charge is 0.281 e. The number of hydrogen-bond acceptors (Lipinski definition) is 5. The maximum atomic E-state index is 9.71. The molecule has 0 fully saturated rings. The quantitative estimate of drug-likeness (QED) is 0.941. The second-order valence-electron chi connectivity index (χ2n) is 3.55. The van der Waals surface area contributed by atoms with Gasteiger partial charge in [0, 0.05) is 16.3 Å². The van der Waals surface area contributed by atoms with E-state index in [4.69, 9.17) is 4.42 Å². The number of nitrogens with zero attached hydrogens (tertiary/aromatic N) is 2. The summed E-state index contributed by atoms with van der Waals surface area (Å²) < 4.78 is 6.23. The Hall–Kier alpha value is -0.850. The Morgan fingerprint density at radius 3 is 2.76 bits per heavy atom. The molecule has 0 amide bonds. The van der Waals surface area contributed by atoms with Gasteiger partial charge in [0.25, 0.3) is 5.22 Å². The average molecular weight is 315 g/mol. The van der Waals surface area contributed by atoms with Crippen LogP contribution in [0.25, 0.3) is 0 Å². The van der Waals surface area contributed by atoms with Crippen molar-refractivity contribution < 1.29 is 9.52 Å². The van der Waals surface area contributed by atoms with Crippen molar-refractivity contribution in [2.24, 2.45) is 0 Å². The highest BCUT2D eigenvalue weighted by molar-refractivity contribution is 9.10. The third-order valence-corrected chi connectivity index (χ3v) is 3.55. The molecule has 6 heteroatoms. The van der Waals surface area contributed by atoms with Crippen LogP contribution in [0.15, 0.2) is 37.2 Å². The fourth-order valence-corrected chi connectivity index (χ4v) is 2.65. The minimum Gasteiger partial charge on any atom is -0.416 e. The van der Waals surface area contributed by atoms with Crippen LogP contribution in [0, 0.1) is 6.92 Å². The first-order chi connectivity index (χ1) is 8.06. The van der Waals surface area contributed by atoms with Gasteiger partial charge in [-0.15, -0.1) is 10.2 Å². The first-order valence-electron chi connectivity index (χ1n) is 5.01. The molecule has 1 unspecified atom stereocenters. The third kappa shape index (κ3) is 3.08. The van der Waals surface area contributed by atoms with Crippen LogP contribution in [0.2, 0.25) is 0 Å². The molecule has 1 N–H and O–H groups in total. The molecule has 4 nitrogen and oxygen atoms in total. The summed E-state index contributed by atoms with van der Waals surface area (Å²) >= 11 is 4.73. The molecule has 90 valence electrons. The largest absolute Gasteiger partial charge is 0.416 e. The molecule has 1 atom stereocenters. The molecule has 0 bridgehead atoms. The highest BCUT2D eigenvalue weighted by atomic mass is 79.9. The van der Waals surface area contributed by atoms with Gasteiger partial charge < -0.3 is 9.52 Å². The van der Waals surface area contributed by atoms with Crippen molar-refractivity contribution in [2.45, 2.75) is 30.1 Å².